The van der Waals surface area contributed by atoms with Crippen LogP contribution in [0.25, 0.3) is 0 Å². The summed E-state index contributed by atoms with van der Waals surface area (Å²) in [5, 5.41) is 0. The highest BCUT2D eigenvalue weighted by atomic mass is 19.3. The van der Waals surface area contributed by atoms with E-state index in [2.05, 4.69) is 31.2 Å². The lowest BCUT2D eigenvalue weighted by Crippen LogP contribution is -2.33. The minimum atomic E-state index is -2.82. The van der Waals surface area contributed by atoms with Crippen LogP contribution in [-0.2, 0) is 12.8 Å². The zero-order valence-corrected chi connectivity index (χ0v) is 16.7. The molecule has 1 saturated carbocycles. The number of alkyl halides is 2. The first-order chi connectivity index (χ1) is 13.4. The fourth-order valence-electron chi connectivity index (χ4n) is 4.33. The number of ether oxygens (including phenoxy) is 1. The van der Waals surface area contributed by atoms with Gasteiger partial charge >= 0.3 is 0 Å². The molecule has 2 aromatic carbocycles. The third-order valence-corrected chi connectivity index (χ3v) is 5.97. The molecule has 0 saturated heterocycles. The molecule has 0 bridgehead atoms. The molecular weight excluding hydrogens is 361 g/mol. The highest BCUT2D eigenvalue weighted by Gasteiger charge is 2.41. The van der Waals surface area contributed by atoms with Crippen molar-refractivity contribution in [2.24, 2.45) is 5.92 Å². The predicted octanol–water partition coefficient (Wildman–Crippen LogP) is 6.94. The van der Waals surface area contributed by atoms with Crippen molar-refractivity contribution in [3.05, 3.63) is 65.0 Å². The second-order valence-electron chi connectivity index (χ2n) is 7.95. The minimum Gasteiger partial charge on any atom is -0.494 e. The molecular formula is C24H29F3O. The molecule has 0 spiro atoms. The Balaban J connectivity index is 1.59. The third-order valence-electron chi connectivity index (χ3n) is 5.97. The summed E-state index contributed by atoms with van der Waals surface area (Å²) in [6.07, 6.45) is 4.35. The molecule has 1 nitrogen and oxygen atoms in total. The van der Waals surface area contributed by atoms with E-state index in [1.165, 1.54) is 30.4 Å². The van der Waals surface area contributed by atoms with E-state index >= 15 is 0 Å². The van der Waals surface area contributed by atoms with Gasteiger partial charge in [-0.25, -0.2) is 13.2 Å². The van der Waals surface area contributed by atoms with Crippen LogP contribution in [0.1, 0.15) is 61.6 Å². The van der Waals surface area contributed by atoms with Gasteiger partial charge in [0.25, 0.3) is 5.92 Å². The van der Waals surface area contributed by atoms with Crippen LogP contribution in [0.3, 0.4) is 0 Å². The number of hydrogen-bond donors (Lipinski definition) is 0. The van der Waals surface area contributed by atoms with Crippen molar-refractivity contribution in [1.29, 1.82) is 0 Å². The Hall–Kier alpha value is -1.97. The Morgan fingerprint density at radius 2 is 1.61 bits per heavy atom. The summed E-state index contributed by atoms with van der Waals surface area (Å²) < 4.78 is 48.3. The molecule has 0 heterocycles. The molecule has 3 rings (SSSR count). The summed E-state index contributed by atoms with van der Waals surface area (Å²) in [4.78, 5) is 0. The summed E-state index contributed by atoms with van der Waals surface area (Å²) in [7, 11) is 1.36. The van der Waals surface area contributed by atoms with Crippen LogP contribution in [0.4, 0.5) is 13.2 Å². The van der Waals surface area contributed by atoms with Crippen LogP contribution in [0.2, 0.25) is 0 Å². The molecule has 1 aliphatic carbocycles. The highest BCUT2D eigenvalue weighted by molar-refractivity contribution is 5.30. The standard InChI is InChI=1S/C24H29F3O/c1-3-4-17-5-8-19(9-6-17)20-10-12-21(13-11-20)24(26,27)16-18-7-14-23(28-2)22(25)15-18/h5-9,14-15,20-21H,3-4,10-13,16H2,1-2H3. The van der Waals surface area contributed by atoms with E-state index in [0.717, 1.165) is 31.7 Å². The minimum absolute atomic E-state index is 0.0810. The van der Waals surface area contributed by atoms with Gasteiger partial charge in [-0.3, -0.25) is 0 Å². The molecule has 28 heavy (non-hydrogen) atoms. The number of hydrogen-bond acceptors (Lipinski definition) is 1. The lowest BCUT2D eigenvalue weighted by molar-refractivity contribution is -0.0715. The third kappa shape index (κ3) is 4.89. The molecule has 0 amide bonds. The van der Waals surface area contributed by atoms with Crippen molar-refractivity contribution in [3.8, 4) is 5.75 Å². The molecule has 0 aliphatic heterocycles. The van der Waals surface area contributed by atoms with Gasteiger partial charge in [0.05, 0.1) is 7.11 Å². The van der Waals surface area contributed by atoms with Crippen LogP contribution >= 0.6 is 0 Å². The van der Waals surface area contributed by atoms with Gasteiger partial charge in [-0.15, -0.1) is 0 Å². The Morgan fingerprint density at radius 3 is 2.18 bits per heavy atom. The molecule has 0 radical (unpaired) electrons. The van der Waals surface area contributed by atoms with Gasteiger partial charge < -0.3 is 4.74 Å². The fourth-order valence-corrected chi connectivity index (χ4v) is 4.33. The van der Waals surface area contributed by atoms with Gasteiger partial charge in [-0.05, 0) is 66.8 Å². The number of benzene rings is 2. The van der Waals surface area contributed by atoms with Crippen molar-refractivity contribution in [2.45, 2.75) is 63.7 Å². The van der Waals surface area contributed by atoms with Crippen LogP contribution in [0, 0.1) is 11.7 Å². The van der Waals surface area contributed by atoms with Gasteiger partial charge in [0.1, 0.15) is 0 Å². The normalized spacial score (nSPS) is 20.2. The smallest absolute Gasteiger partial charge is 0.254 e. The molecule has 1 aliphatic rings. The maximum absolute atomic E-state index is 14.8. The van der Waals surface area contributed by atoms with E-state index in [1.54, 1.807) is 0 Å². The van der Waals surface area contributed by atoms with Crippen molar-refractivity contribution in [3.63, 3.8) is 0 Å². The number of aryl methyl sites for hydroxylation is 1. The maximum Gasteiger partial charge on any atom is 0.254 e. The molecule has 1 fully saturated rings. The molecule has 0 N–H and O–H groups in total. The zero-order chi connectivity index (χ0) is 20.1. The average molecular weight is 390 g/mol. The van der Waals surface area contributed by atoms with E-state index in [0.29, 0.717) is 24.3 Å². The van der Waals surface area contributed by atoms with Crippen molar-refractivity contribution in [1.82, 2.24) is 0 Å². The lowest BCUT2D eigenvalue weighted by Gasteiger charge is -2.34. The predicted molar refractivity (Wildman–Crippen MR) is 107 cm³/mol. The van der Waals surface area contributed by atoms with Gasteiger partial charge in [-0.2, -0.15) is 0 Å². The molecule has 0 unspecified atom stereocenters. The van der Waals surface area contributed by atoms with Crippen LogP contribution in [-0.4, -0.2) is 13.0 Å². The molecule has 4 heteroatoms. The SMILES string of the molecule is CCCc1ccc(C2CCC(C(F)(F)Cc3ccc(OC)c(F)c3)CC2)cc1. The van der Waals surface area contributed by atoms with Crippen molar-refractivity contribution in [2.75, 3.05) is 7.11 Å². The van der Waals surface area contributed by atoms with Crippen molar-refractivity contribution < 1.29 is 17.9 Å². The second kappa shape index (κ2) is 9.02. The average Bonchev–Trinajstić information content (AvgIpc) is 2.69. The first kappa shape index (κ1) is 20.8. The highest BCUT2D eigenvalue weighted by Crippen LogP contribution is 2.43. The van der Waals surface area contributed by atoms with E-state index in [1.807, 2.05) is 0 Å². The summed E-state index contributed by atoms with van der Waals surface area (Å²) in [6.45, 7) is 2.16. The van der Waals surface area contributed by atoms with Gasteiger partial charge in [0.15, 0.2) is 11.6 Å². The largest absolute Gasteiger partial charge is 0.494 e. The first-order valence-corrected chi connectivity index (χ1v) is 10.2. The first-order valence-electron chi connectivity index (χ1n) is 10.2. The van der Waals surface area contributed by atoms with Crippen LogP contribution < -0.4 is 4.74 Å². The Kier molecular flexibility index (Phi) is 6.69. The number of methoxy groups -OCH3 is 1. The summed E-state index contributed by atoms with van der Waals surface area (Å²) >= 11 is 0. The quantitative estimate of drug-likeness (QED) is 0.498. The lowest BCUT2D eigenvalue weighted by atomic mass is 9.75. The Labute approximate surface area is 165 Å². The Morgan fingerprint density at radius 1 is 0.964 bits per heavy atom. The molecule has 0 aromatic heterocycles. The van der Waals surface area contributed by atoms with E-state index in [-0.39, 0.29) is 5.75 Å². The summed E-state index contributed by atoms with van der Waals surface area (Å²) in [6, 6.07) is 12.8. The van der Waals surface area contributed by atoms with Crippen molar-refractivity contribution >= 4 is 0 Å². The summed E-state index contributed by atoms with van der Waals surface area (Å²) in [5.74, 6) is -3.62. The van der Waals surface area contributed by atoms with Gasteiger partial charge in [-0.1, -0.05) is 43.7 Å². The zero-order valence-electron chi connectivity index (χ0n) is 16.7. The van der Waals surface area contributed by atoms with E-state index < -0.39 is 24.1 Å². The summed E-state index contributed by atoms with van der Waals surface area (Å²) in [5.41, 5.74) is 2.91. The van der Waals surface area contributed by atoms with Crippen LogP contribution in [0.15, 0.2) is 42.5 Å². The maximum atomic E-state index is 14.8. The van der Waals surface area contributed by atoms with Gasteiger partial charge in [0, 0.05) is 12.3 Å². The molecule has 0 atom stereocenters. The molecule has 152 valence electrons. The molecule has 2 aromatic rings. The topological polar surface area (TPSA) is 9.23 Å². The van der Waals surface area contributed by atoms with Crippen LogP contribution in [0.5, 0.6) is 5.75 Å². The number of rotatable bonds is 7. The second-order valence-corrected chi connectivity index (χ2v) is 7.95. The number of halogens is 3. The van der Waals surface area contributed by atoms with E-state index in [9.17, 15) is 13.2 Å². The van der Waals surface area contributed by atoms with Gasteiger partial charge in [0.2, 0.25) is 0 Å². The van der Waals surface area contributed by atoms with E-state index in [4.69, 9.17) is 4.74 Å². The monoisotopic (exact) mass is 390 g/mol. The fraction of sp³-hybridized carbons (Fsp3) is 0.500. The Bertz CT molecular complexity index is 762.